The van der Waals surface area contributed by atoms with Crippen LogP contribution in [0.15, 0.2) is 0 Å². The van der Waals surface area contributed by atoms with Crippen molar-refractivity contribution in [1.29, 1.82) is 0 Å². The molecule has 2 saturated carbocycles. The summed E-state index contributed by atoms with van der Waals surface area (Å²) in [5.74, 6) is 0.804. The highest BCUT2D eigenvalue weighted by Crippen LogP contribution is 2.30. The number of nitrogens with one attached hydrogen (secondary N) is 1. The fourth-order valence-corrected chi connectivity index (χ4v) is 3.84. The topological polar surface area (TPSA) is 69.6 Å². The summed E-state index contributed by atoms with van der Waals surface area (Å²) in [6, 6.07) is -0.0839. The number of amides is 2. The lowest BCUT2D eigenvalue weighted by Crippen LogP contribution is -2.56. The van der Waals surface area contributed by atoms with E-state index in [-0.39, 0.29) is 42.2 Å². The number of hydrogen-bond acceptors (Lipinski definition) is 3. The Bertz CT molecular complexity index is 416. The minimum Gasteiger partial charge on any atom is -0.396 e. The molecule has 1 aliphatic heterocycles. The lowest BCUT2D eigenvalue weighted by molar-refractivity contribution is -0.140. The normalized spacial score (nSPS) is 30.1. The first-order chi connectivity index (χ1) is 10.7. The first-order valence-corrected chi connectivity index (χ1v) is 8.89. The average Bonchev–Trinajstić information content (AvgIpc) is 3.40. The average molecular weight is 308 g/mol. The molecule has 124 valence electrons. The van der Waals surface area contributed by atoms with Gasteiger partial charge >= 0.3 is 0 Å². The zero-order valence-corrected chi connectivity index (χ0v) is 13.3. The summed E-state index contributed by atoms with van der Waals surface area (Å²) in [4.78, 5) is 26.6. The number of nitrogens with zero attached hydrogens (tertiary/aromatic N) is 1. The Kier molecular flexibility index (Phi) is 5.01. The van der Waals surface area contributed by atoms with Gasteiger partial charge in [0.15, 0.2) is 0 Å². The highest BCUT2D eigenvalue weighted by Gasteiger charge is 2.37. The maximum absolute atomic E-state index is 12.7. The van der Waals surface area contributed by atoms with Crippen LogP contribution in [0.5, 0.6) is 0 Å². The quantitative estimate of drug-likeness (QED) is 0.822. The van der Waals surface area contributed by atoms with Crippen molar-refractivity contribution in [2.24, 2.45) is 17.8 Å². The van der Waals surface area contributed by atoms with E-state index < -0.39 is 0 Å². The van der Waals surface area contributed by atoms with E-state index in [0.717, 1.165) is 51.5 Å². The molecule has 5 heteroatoms. The van der Waals surface area contributed by atoms with E-state index in [9.17, 15) is 14.7 Å². The molecule has 3 aliphatic rings. The first-order valence-electron chi connectivity index (χ1n) is 8.89. The van der Waals surface area contributed by atoms with Crippen molar-refractivity contribution < 1.29 is 14.7 Å². The van der Waals surface area contributed by atoms with Crippen molar-refractivity contribution in [3.63, 3.8) is 0 Å². The lowest BCUT2D eigenvalue weighted by atomic mass is 9.86. The molecule has 0 spiro atoms. The van der Waals surface area contributed by atoms with Crippen LogP contribution in [0.4, 0.5) is 0 Å². The largest absolute Gasteiger partial charge is 0.396 e. The van der Waals surface area contributed by atoms with E-state index in [1.807, 2.05) is 4.90 Å². The molecule has 3 rings (SSSR count). The van der Waals surface area contributed by atoms with Crippen molar-refractivity contribution in [3.05, 3.63) is 0 Å². The van der Waals surface area contributed by atoms with Crippen LogP contribution >= 0.6 is 0 Å². The van der Waals surface area contributed by atoms with Gasteiger partial charge in [0.2, 0.25) is 11.8 Å². The smallest absolute Gasteiger partial charge is 0.225 e. The van der Waals surface area contributed by atoms with Crippen molar-refractivity contribution in [2.45, 2.75) is 57.4 Å². The van der Waals surface area contributed by atoms with Crippen molar-refractivity contribution in [2.75, 3.05) is 19.7 Å². The molecule has 1 saturated heterocycles. The van der Waals surface area contributed by atoms with E-state index in [0.29, 0.717) is 6.54 Å². The molecule has 2 aliphatic carbocycles. The Hall–Kier alpha value is -1.10. The molecule has 0 aromatic rings. The summed E-state index contributed by atoms with van der Waals surface area (Å²) in [7, 11) is 0. The van der Waals surface area contributed by atoms with Gasteiger partial charge in [-0.2, -0.15) is 0 Å². The zero-order valence-electron chi connectivity index (χ0n) is 13.3. The van der Waals surface area contributed by atoms with Gasteiger partial charge in [0.25, 0.3) is 0 Å². The highest BCUT2D eigenvalue weighted by atomic mass is 16.3. The number of piperidine rings is 1. The second-order valence-corrected chi connectivity index (χ2v) is 7.24. The first kappa shape index (κ1) is 15.8. The maximum Gasteiger partial charge on any atom is 0.225 e. The second-order valence-electron chi connectivity index (χ2n) is 7.24. The predicted octanol–water partition coefficient (Wildman–Crippen LogP) is 1.30. The molecule has 1 heterocycles. The van der Waals surface area contributed by atoms with Crippen molar-refractivity contribution in [1.82, 2.24) is 10.2 Å². The zero-order chi connectivity index (χ0) is 15.5. The highest BCUT2D eigenvalue weighted by molar-refractivity contribution is 5.82. The van der Waals surface area contributed by atoms with Crippen LogP contribution in [0.1, 0.15) is 51.4 Å². The standard InChI is InChI=1S/C17H28N2O3/c20-11-14-8-9-19(17(22)13-4-2-1-3-5-13)10-15(14)18-16(21)12-6-7-12/h12-15,20H,1-11H2,(H,18,21)/t14-,15-/m1/s1. The second kappa shape index (κ2) is 6.99. The number of carbonyl (C=O) groups excluding carboxylic acids is 2. The minimum absolute atomic E-state index is 0.0816. The van der Waals surface area contributed by atoms with Gasteiger partial charge in [0.1, 0.15) is 0 Å². The summed E-state index contributed by atoms with van der Waals surface area (Å²) in [6.45, 7) is 1.37. The van der Waals surface area contributed by atoms with Gasteiger partial charge in [-0.05, 0) is 32.1 Å². The summed E-state index contributed by atoms with van der Waals surface area (Å²) in [6.07, 6.45) is 8.33. The summed E-state index contributed by atoms with van der Waals surface area (Å²) >= 11 is 0. The van der Waals surface area contributed by atoms with E-state index in [2.05, 4.69) is 5.32 Å². The molecule has 0 radical (unpaired) electrons. The molecule has 2 N–H and O–H groups in total. The van der Waals surface area contributed by atoms with Gasteiger partial charge in [-0.25, -0.2) is 0 Å². The fourth-order valence-electron chi connectivity index (χ4n) is 3.84. The monoisotopic (exact) mass is 308 g/mol. The number of aliphatic hydroxyl groups is 1. The molecular weight excluding hydrogens is 280 g/mol. The summed E-state index contributed by atoms with van der Waals surface area (Å²) in [5.41, 5.74) is 0. The van der Waals surface area contributed by atoms with Crippen molar-refractivity contribution >= 4 is 11.8 Å². The molecule has 0 unspecified atom stereocenters. The number of likely N-dealkylation sites (tertiary alicyclic amines) is 1. The third-order valence-electron chi connectivity index (χ3n) is 5.53. The molecule has 5 nitrogen and oxygen atoms in total. The van der Waals surface area contributed by atoms with Crippen LogP contribution in [0, 0.1) is 17.8 Å². The Morgan fingerprint density at radius 1 is 1.00 bits per heavy atom. The van der Waals surface area contributed by atoms with Crippen LogP contribution < -0.4 is 5.32 Å². The van der Waals surface area contributed by atoms with Crippen LogP contribution in [0.3, 0.4) is 0 Å². The number of aliphatic hydroxyl groups excluding tert-OH is 1. The lowest BCUT2D eigenvalue weighted by Gasteiger charge is -2.40. The Morgan fingerprint density at radius 2 is 1.73 bits per heavy atom. The van der Waals surface area contributed by atoms with Crippen LogP contribution in [-0.4, -0.2) is 47.6 Å². The van der Waals surface area contributed by atoms with Gasteiger partial charge in [0, 0.05) is 37.5 Å². The SMILES string of the molecule is O=C(N[C@@H]1CN(C(=O)C2CCCCC2)CC[C@@H]1CO)C1CC1. The van der Waals surface area contributed by atoms with E-state index in [1.165, 1.54) is 6.42 Å². The van der Waals surface area contributed by atoms with E-state index in [4.69, 9.17) is 0 Å². The van der Waals surface area contributed by atoms with Gasteiger partial charge in [-0.15, -0.1) is 0 Å². The third-order valence-corrected chi connectivity index (χ3v) is 5.53. The Labute approximate surface area is 132 Å². The van der Waals surface area contributed by atoms with Crippen LogP contribution in [0.25, 0.3) is 0 Å². The molecule has 2 amide bonds. The minimum atomic E-state index is -0.0839. The van der Waals surface area contributed by atoms with Gasteiger partial charge < -0.3 is 15.3 Å². The molecule has 0 bridgehead atoms. The number of hydrogen-bond donors (Lipinski definition) is 2. The molecular formula is C17H28N2O3. The van der Waals surface area contributed by atoms with E-state index in [1.54, 1.807) is 0 Å². The summed E-state index contributed by atoms with van der Waals surface area (Å²) in [5, 5.41) is 12.6. The fraction of sp³-hybridized carbons (Fsp3) is 0.882. The Morgan fingerprint density at radius 3 is 2.36 bits per heavy atom. The summed E-state index contributed by atoms with van der Waals surface area (Å²) < 4.78 is 0. The number of rotatable bonds is 4. The maximum atomic E-state index is 12.7. The molecule has 0 aromatic heterocycles. The van der Waals surface area contributed by atoms with Crippen LogP contribution in [-0.2, 0) is 9.59 Å². The molecule has 0 aromatic carbocycles. The van der Waals surface area contributed by atoms with Gasteiger partial charge in [-0.1, -0.05) is 19.3 Å². The molecule has 2 atom stereocenters. The van der Waals surface area contributed by atoms with Gasteiger partial charge in [0.05, 0.1) is 6.04 Å². The Balaban J connectivity index is 1.58. The van der Waals surface area contributed by atoms with E-state index >= 15 is 0 Å². The van der Waals surface area contributed by atoms with Crippen molar-refractivity contribution in [3.8, 4) is 0 Å². The third kappa shape index (κ3) is 3.62. The molecule has 3 fully saturated rings. The number of carbonyl (C=O) groups is 2. The predicted molar refractivity (Wildman–Crippen MR) is 83.0 cm³/mol. The van der Waals surface area contributed by atoms with Crippen LogP contribution in [0.2, 0.25) is 0 Å². The van der Waals surface area contributed by atoms with Gasteiger partial charge in [-0.3, -0.25) is 9.59 Å². The molecule has 22 heavy (non-hydrogen) atoms.